The third-order valence-electron chi connectivity index (χ3n) is 5.49. The van der Waals surface area contributed by atoms with Crippen LogP contribution in [0.25, 0.3) is 0 Å². The molecule has 2 aromatic rings. The Bertz CT molecular complexity index is 823. The van der Waals surface area contributed by atoms with E-state index in [2.05, 4.69) is 21.3 Å². The number of hydrogen-bond acceptors (Lipinski definition) is 6. The molecular weight excluding hydrogens is 404 g/mol. The second-order valence-corrected chi connectivity index (χ2v) is 7.41. The molecule has 2 unspecified atom stereocenters. The lowest BCUT2D eigenvalue weighted by atomic mass is 10.1. The summed E-state index contributed by atoms with van der Waals surface area (Å²) in [6.07, 6.45) is 3.50. The number of fused-ring (bicyclic) bond motifs is 1. The Hall–Kier alpha value is -2.35. The maximum Gasteiger partial charge on any atom is 0.236 e. The van der Waals surface area contributed by atoms with Gasteiger partial charge in [-0.3, -0.25) is 14.7 Å². The summed E-state index contributed by atoms with van der Waals surface area (Å²) in [6.45, 7) is 6.54. The van der Waals surface area contributed by atoms with Crippen molar-refractivity contribution in [2.24, 2.45) is 0 Å². The number of hydrogen-bond donors (Lipinski definition) is 1. The van der Waals surface area contributed by atoms with Gasteiger partial charge < -0.3 is 19.7 Å². The first-order chi connectivity index (χ1) is 14.2. The summed E-state index contributed by atoms with van der Waals surface area (Å²) in [6, 6.07) is 11.8. The second-order valence-electron chi connectivity index (χ2n) is 7.41. The van der Waals surface area contributed by atoms with Gasteiger partial charge in [0.1, 0.15) is 6.61 Å². The highest BCUT2D eigenvalue weighted by Crippen LogP contribution is 2.31. The van der Waals surface area contributed by atoms with E-state index in [1.54, 1.807) is 6.20 Å². The van der Waals surface area contributed by atoms with Crippen LogP contribution in [0.1, 0.15) is 18.5 Å². The first-order valence-corrected chi connectivity index (χ1v) is 10.3. The topological polar surface area (TPSA) is 66.9 Å². The van der Waals surface area contributed by atoms with Crippen LogP contribution in [0.4, 0.5) is 0 Å². The van der Waals surface area contributed by atoms with E-state index < -0.39 is 0 Å². The Morgan fingerprint density at radius 1 is 1.27 bits per heavy atom. The number of para-hydroxylation sites is 2. The highest BCUT2D eigenvalue weighted by atomic mass is 35.5. The van der Waals surface area contributed by atoms with E-state index in [0.29, 0.717) is 26.2 Å². The number of nitrogens with one attached hydrogen (secondary N) is 1. The van der Waals surface area contributed by atoms with Crippen LogP contribution in [0.5, 0.6) is 11.5 Å². The molecule has 1 fully saturated rings. The molecule has 30 heavy (non-hydrogen) atoms. The number of pyridine rings is 1. The summed E-state index contributed by atoms with van der Waals surface area (Å²) in [5.41, 5.74) is 1.14. The van der Waals surface area contributed by atoms with Gasteiger partial charge in [-0.2, -0.15) is 0 Å². The van der Waals surface area contributed by atoms with Crippen molar-refractivity contribution < 1.29 is 14.3 Å². The second kappa shape index (κ2) is 10.6. The molecule has 1 saturated heterocycles. The fraction of sp³-hybridized carbons (Fsp3) is 0.455. The summed E-state index contributed by atoms with van der Waals surface area (Å²) in [7, 11) is 0. The fourth-order valence-corrected chi connectivity index (χ4v) is 3.92. The molecule has 4 rings (SSSR count). The van der Waals surface area contributed by atoms with E-state index in [1.165, 1.54) is 0 Å². The lowest BCUT2D eigenvalue weighted by molar-refractivity contribution is -0.134. The molecule has 0 saturated carbocycles. The van der Waals surface area contributed by atoms with Crippen molar-refractivity contribution in [3.05, 3.63) is 54.4 Å². The molecule has 1 aromatic heterocycles. The first kappa shape index (κ1) is 22.3. The van der Waals surface area contributed by atoms with Crippen LogP contribution in [0, 0.1) is 0 Å². The zero-order valence-corrected chi connectivity index (χ0v) is 18.0. The summed E-state index contributed by atoms with van der Waals surface area (Å²) < 4.78 is 11.8. The summed E-state index contributed by atoms with van der Waals surface area (Å²) in [5, 5.41) is 3.42. The minimum Gasteiger partial charge on any atom is -0.486 e. The van der Waals surface area contributed by atoms with Crippen molar-refractivity contribution in [1.82, 2.24) is 20.1 Å². The Morgan fingerprint density at radius 2 is 2.10 bits per heavy atom. The number of ether oxygens (including phenoxy) is 2. The molecule has 7 nitrogen and oxygen atoms in total. The van der Waals surface area contributed by atoms with E-state index >= 15 is 0 Å². The first-order valence-electron chi connectivity index (χ1n) is 10.3. The lowest BCUT2D eigenvalue weighted by Crippen LogP contribution is -2.51. The molecule has 3 heterocycles. The predicted octanol–water partition coefficient (Wildman–Crippen LogP) is 2.14. The van der Waals surface area contributed by atoms with Gasteiger partial charge in [-0.05, 0) is 30.7 Å². The number of halogens is 1. The molecule has 2 aliphatic rings. The number of amides is 1. The van der Waals surface area contributed by atoms with Gasteiger partial charge in [-0.25, -0.2) is 0 Å². The van der Waals surface area contributed by atoms with Gasteiger partial charge in [0.2, 0.25) is 5.91 Å². The van der Waals surface area contributed by atoms with Gasteiger partial charge in [0.15, 0.2) is 17.6 Å². The highest BCUT2D eigenvalue weighted by Gasteiger charge is 2.29. The Morgan fingerprint density at radius 3 is 2.87 bits per heavy atom. The Kier molecular flexibility index (Phi) is 7.90. The SMILES string of the molecule is CCN(CC1COc2ccccc2O1)C(=O)CN1CCNCC1c1cccnc1.Cl. The third kappa shape index (κ3) is 5.22. The van der Waals surface area contributed by atoms with E-state index in [1.807, 2.05) is 48.4 Å². The van der Waals surface area contributed by atoms with Crippen LogP contribution in [-0.4, -0.2) is 72.7 Å². The van der Waals surface area contributed by atoms with Crippen LogP contribution in [0.2, 0.25) is 0 Å². The number of piperazine rings is 1. The fourth-order valence-electron chi connectivity index (χ4n) is 3.92. The van der Waals surface area contributed by atoms with E-state index in [0.717, 1.165) is 36.7 Å². The zero-order chi connectivity index (χ0) is 20.1. The third-order valence-corrected chi connectivity index (χ3v) is 5.49. The molecule has 2 atom stereocenters. The highest BCUT2D eigenvalue weighted by molar-refractivity contribution is 5.85. The molecule has 2 aliphatic heterocycles. The minimum atomic E-state index is -0.161. The van der Waals surface area contributed by atoms with Crippen LogP contribution in [0.15, 0.2) is 48.8 Å². The average molecular weight is 433 g/mol. The molecule has 0 radical (unpaired) electrons. The van der Waals surface area contributed by atoms with E-state index in [9.17, 15) is 4.79 Å². The predicted molar refractivity (Wildman–Crippen MR) is 117 cm³/mol. The van der Waals surface area contributed by atoms with Gasteiger partial charge in [0, 0.05) is 44.6 Å². The van der Waals surface area contributed by atoms with E-state index in [-0.39, 0.29) is 30.5 Å². The monoisotopic (exact) mass is 432 g/mol. The average Bonchev–Trinajstić information content (AvgIpc) is 2.78. The van der Waals surface area contributed by atoms with Crippen molar-refractivity contribution in [3.63, 3.8) is 0 Å². The van der Waals surface area contributed by atoms with Gasteiger partial charge in [-0.15, -0.1) is 12.4 Å². The lowest BCUT2D eigenvalue weighted by Gasteiger charge is -2.37. The number of carbonyl (C=O) groups excluding carboxylic acids is 1. The molecule has 0 aliphatic carbocycles. The molecule has 162 valence electrons. The standard InChI is InChI=1S/C22H28N4O3.ClH/c1-2-25(14-18-16-28-20-7-3-4-8-21(20)29-18)22(27)15-26-11-10-24-13-19(26)17-6-5-9-23-12-17;/h3-9,12,18-19,24H,2,10-11,13-16H2,1H3;1H. The molecule has 0 bridgehead atoms. The Labute approximate surface area is 183 Å². The number of benzene rings is 1. The minimum absolute atomic E-state index is 0. The quantitative estimate of drug-likeness (QED) is 0.754. The van der Waals surface area contributed by atoms with Gasteiger partial charge in [-0.1, -0.05) is 18.2 Å². The number of likely N-dealkylation sites (N-methyl/N-ethyl adjacent to an activating group) is 1. The largest absolute Gasteiger partial charge is 0.486 e. The smallest absolute Gasteiger partial charge is 0.236 e. The van der Waals surface area contributed by atoms with Gasteiger partial charge in [0.05, 0.1) is 13.1 Å². The maximum atomic E-state index is 13.1. The van der Waals surface area contributed by atoms with Crippen LogP contribution >= 0.6 is 12.4 Å². The van der Waals surface area contributed by atoms with Crippen molar-refractivity contribution in [2.45, 2.75) is 19.1 Å². The summed E-state index contributed by atoms with van der Waals surface area (Å²) in [4.78, 5) is 21.4. The van der Waals surface area contributed by atoms with Crippen LogP contribution in [0.3, 0.4) is 0 Å². The number of carbonyl (C=O) groups is 1. The van der Waals surface area contributed by atoms with Crippen molar-refractivity contribution in [3.8, 4) is 11.5 Å². The van der Waals surface area contributed by atoms with Crippen molar-refractivity contribution >= 4 is 18.3 Å². The summed E-state index contributed by atoms with van der Waals surface area (Å²) in [5.74, 6) is 1.62. The van der Waals surface area contributed by atoms with Crippen LogP contribution < -0.4 is 14.8 Å². The normalized spacial score (nSPS) is 20.8. The van der Waals surface area contributed by atoms with Crippen LogP contribution in [-0.2, 0) is 4.79 Å². The zero-order valence-electron chi connectivity index (χ0n) is 17.2. The Balaban J connectivity index is 0.00000256. The summed E-state index contributed by atoms with van der Waals surface area (Å²) >= 11 is 0. The molecule has 1 N–H and O–H groups in total. The number of aromatic nitrogens is 1. The molecule has 8 heteroatoms. The molecule has 1 amide bonds. The molecular formula is C22H29ClN4O3. The van der Waals surface area contributed by atoms with Crippen molar-refractivity contribution in [1.29, 1.82) is 0 Å². The van der Waals surface area contributed by atoms with Gasteiger partial charge in [0.25, 0.3) is 0 Å². The maximum absolute atomic E-state index is 13.1. The van der Waals surface area contributed by atoms with Gasteiger partial charge >= 0.3 is 0 Å². The molecule has 1 aromatic carbocycles. The van der Waals surface area contributed by atoms with E-state index in [4.69, 9.17) is 9.47 Å². The van der Waals surface area contributed by atoms with Crippen molar-refractivity contribution in [2.75, 3.05) is 45.9 Å². The number of nitrogens with zero attached hydrogens (tertiary/aromatic N) is 3. The number of rotatable bonds is 6. The molecule has 0 spiro atoms.